The maximum atomic E-state index is 10.3. The second kappa shape index (κ2) is 4.00. The standard InChI is InChI=1S/C5H5ClO4/c1-3(7)10-2-4(8)5(6)9/h2H2,1H3. The predicted octanol–water partition coefficient (Wildman–Crippen LogP) is -0.116. The van der Waals surface area contributed by atoms with Gasteiger partial charge in [0.1, 0.15) is 0 Å². The fourth-order valence-electron chi connectivity index (χ4n) is 0.224. The summed E-state index contributed by atoms with van der Waals surface area (Å²) in [7, 11) is 0. The third-order valence-electron chi connectivity index (χ3n) is 0.626. The second-order valence-electron chi connectivity index (χ2n) is 1.48. The summed E-state index contributed by atoms with van der Waals surface area (Å²) < 4.78 is 4.17. The van der Waals surface area contributed by atoms with Crippen molar-refractivity contribution in [1.29, 1.82) is 0 Å². The zero-order chi connectivity index (χ0) is 8.15. The lowest BCUT2D eigenvalue weighted by Crippen LogP contribution is -2.16. The molecule has 56 valence electrons. The number of hydrogen-bond acceptors (Lipinski definition) is 4. The van der Waals surface area contributed by atoms with Gasteiger partial charge in [-0.1, -0.05) is 0 Å². The second-order valence-corrected chi connectivity index (χ2v) is 1.82. The molecule has 0 aliphatic carbocycles. The first-order valence-corrected chi connectivity index (χ1v) is 2.78. The summed E-state index contributed by atoms with van der Waals surface area (Å²) in [6, 6.07) is 0. The van der Waals surface area contributed by atoms with Gasteiger partial charge in [0.15, 0.2) is 6.61 Å². The van der Waals surface area contributed by atoms with Gasteiger partial charge >= 0.3 is 5.97 Å². The van der Waals surface area contributed by atoms with Crippen LogP contribution in [0.15, 0.2) is 0 Å². The Morgan fingerprint density at radius 1 is 1.40 bits per heavy atom. The molecular weight excluding hydrogens is 160 g/mol. The summed E-state index contributed by atoms with van der Waals surface area (Å²) >= 11 is 4.73. The van der Waals surface area contributed by atoms with E-state index in [1.807, 2.05) is 0 Å². The van der Waals surface area contributed by atoms with Crippen LogP contribution in [0.25, 0.3) is 0 Å². The summed E-state index contributed by atoms with van der Waals surface area (Å²) in [6.45, 7) is 0.559. The van der Waals surface area contributed by atoms with E-state index < -0.39 is 23.6 Å². The van der Waals surface area contributed by atoms with Crippen molar-refractivity contribution < 1.29 is 19.1 Å². The number of esters is 1. The monoisotopic (exact) mass is 164 g/mol. The van der Waals surface area contributed by atoms with E-state index in [0.717, 1.165) is 6.92 Å². The Hall–Kier alpha value is -0.900. The van der Waals surface area contributed by atoms with Crippen LogP contribution >= 0.6 is 11.6 Å². The van der Waals surface area contributed by atoms with E-state index in [4.69, 9.17) is 11.6 Å². The number of Topliss-reactive ketones (excluding diaryl/α,β-unsaturated/α-hetero) is 1. The summed E-state index contributed by atoms with van der Waals surface area (Å²) in [5, 5.41) is -1.12. The minimum atomic E-state index is -1.12. The Labute approximate surface area is 62.1 Å². The third-order valence-corrected chi connectivity index (χ3v) is 0.837. The molecule has 0 bridgehead atoms. The lowest BCUT2D eigenvalue weighted by molar-refractivity contribution is -0.147. The lowest BCUT2D eigenvalue weighted by atomic mass is 10.5. The van der Waals surface area contributed by atoms with Crippen molar-refractivity contribution in [2.24, 2.45) is 0 Å². The van der Waals surface area contributed by atoms with Crippen molar-refractivity contribution in [3.05, 3.63) is 0 Å². The minimum absolute atomic E-state index is 0.572. The molecule has 10 heavy (non-hydrogen) atoms. The van der Waals surface area contributed by atoms with Crippen molar-refractivity contribution in [2.75, 3.05) is 6.61 Å². The van der Waals surface area contributed by atoms with Gasteiger partial charge in [-0.15, -0.1) is 0 Å². The van der Waals surface area contributed by atoms with Crippen LogP contribution in [0.4, 0.5) is 0 Å². The average Bonchev–Trinajstić information content (AvgIpc) is 1.82. The molecule has 0 saturated heterocycles. The highest BCUT2D eigenvalue weighted by Gasteiger charge is 2.10. The van der Waals surface area contributed by atoms with Crippen molar-refractivity contribution in [2.45, 2.75) is 6.92 Å². The van der Waals surface area contributed by atoms with E-state index in [0.29, 0.717) is 0 Å². The normalized spacial score (nSPS) is 8.60. The molecule has 0 spiro atoms. The Morgan fingerprint density at radius 3 is 2.20 bits per heavy atom. The van der Waals surface area contributed by atoms with Crippen molar-refractivity contribution in [1.82, 2.24) is 0 Å². The fourth-order valence-corrected chi connectivity index (χ4v) is 0.278. The first-order chi connectivity index (χ1) is 4.54. The van der Waals surface area contributed by atoms with E-state index in [1.54, 1.807) is 0 Å². The van der Waals surface area contributed by atoms with Crippen LogP contribution in [0, 0.1) is 0 Å². The van der Waals surface area contributed by atoms with Gasteiger partial charge in [-0.25, -0.2) is 0 Å². The van der Waals surface area contributed by atoms with Crippen molar-refractivity contribution in [3.8, 4) is 0 Å². The van der Waals surface area contributed by atoms with Gasteiger partial charge in [0, 0.05) is 6.92 Å². The van der Waals surface area contributed by atoms with Crippen LogP contribution in [0.5, 0.6) is 0 Å². The number of ether oxygens (including phenoxy) is 1. The van der Waals surface area contributed by atoms with Gasteiger partial charge in [0.25, 0.3) is 11.0 Å². The molecule has 0 aliphatic heterocycles. The smallest absolute Gasteiger partial charge is 0.303 e. The van der Waals surface area contributed by atoms with E-state index in [1.165, 1.54) is 0 Å². The van der Waals surface area contributed by atoms with E-state index >= 15 is 0 Å². The number of carbonyl (C=O) groups excluding carboxylic acids is 3. The highest BCUT2D eigenvalue weighted by Crippen LogP contribution is 1.85. The fraction of sp³-hybridized carbons (Fsp3) is 0.400. The highest BCUT2D eigenvalue weighted by atomic mass is 35.5. The molecule has 0 fully saturated rings. The Bertz CT molecular complexity index is 174. The van der Waals surface area contributed by atoms with Gasteiger partial charge in [-0.3, -0.25) is 14.4 Å². The Kier molecular flexibility index (Phi) is 3.64. The van der Waals surface area contributed by atoms with Crippen LogP contribution in [0.2, 0.25) is 0 Å². The molecule has 0 rings (SSSR count). The summed E-state index contributed by atoms with van der Waals surface area (Å²) in [5.41, 5.74) is 0. The molecular formula is C5H5ClO4. The van der Waals surface area contributed by atoms with E-state index in [2.05, 4.69) is 4.74 Å². The first-order valence-electron chi connectivity index (χ1n) is 2.40. The molecule has 0 amide bonds. The highest BCUT2D eigenvalue weighted by molar-refractivity contribution is 6.81. The molecule has 0 N–H and O–H groups in total. The van der Waals surface area contributed by atoms with Gasteiger partial charge in [-0.2, -0.15) is 0 Å². The summed E-state index contributed by atoms with van der Waals surface area (Å²) in [5.74, 6) is -1.54. The van der Waals surface area contributed by atoms with Gasteiger partial charge in [0.05, 0.1) is 0 Å². The maximum Gasteiger partial charge on any atom is 0.303 e. The molecule has 0 aromatic rings. The Morgan fingerprint density at radius 2 is 1.90 bits per heavy atom. The SMILES string of the molecule is CC(=O)OCC(=O)C(=O)Cl. The van der Waals surface area contributed by atoms with Crippen LogP contribution in [-0.4, -0.2) is 23.6 Å². The largest absolute Gasteiger partial charge is 0.457 e. The molecule has 0 aliphatic rings. The Balaban J connectivity index is 3.60. The molecule has 0 aromatic carbocycles. The quantitative estimate of drug-likeness (QED) is 0.332. The summed E-state index contributed by atoms with van der Waals surface area (Å²) in [6.07, 6.45) is 0. The van der Waals surface area contributed by atoms with Crippen LogP contribution in [0.1, 0.15) is 6.92 Å². The number of rotatable bonds is 3. The van der Waals surface area contributed by atoms with E-state index in [-0.39, 0.29) is 0 Å². The zero-order valence-corrected chi connectivity index (χ0v) is 5.97. The molecule has 0 aromatic heterocycles. The molecule has 0 radical (unpaired) electrons. The molecule has 0 heterocycles. The van der Waals surface area contributed by atoms with Crippen LogP contribution < -0.4 is 0 Å². The van der Waals surface area contributed by atoms with E-state index in [9.17, 15) is 14.4 Å². The number of halogens is 1. The topological polar surface area (TPSA) is 60.4 Å². The van der Waals surface area contributed by atoms with Crippen LogP contribution in [-0.2, 0) is 19.1 Å². The van der Waals surface area contributed by atoms with Crippen molar-refractivity contribution in [3.63, 3.8) is 0 Å². The predicted molar refractivity (Wildman–Crippen MR) is 32.5 cm³/mol. The van der Waals surface area contributed by atoms with Crippen LogP contribution in [0.3, 0.4) is 0 Å². The maximum absolute atomic E-state index is 10.3. The molecule has 0 unspecified atom stereocenters. The summed E-state index contributed by atoms with van der Waals surface area (Å²) in [4.78, 5) is 30.3. The third kappa shape index (κ3) is 4.03. The molecule has 5 heteroatoms. The van der Waals surface area contributed by atoms with Gasteiger partial charge < -0.3 is 4.74 Å². The first kappa shape index (κ1) is 9.10. The molecule has 0 saturated carbocycles. The number of carbonyl (C=O) groups is 3. The number of hydrogen-bond donors (Lipinski definition) is 0. The van der Waals surface area contributed by atoms with Crippen molar-refractivity contribution >= 4 is 28.6 Å². The average molecular weight is 165 g/mol. The van der Waals surface area contributed by atoms with Gasteiger partial charge in [0.2, 0.25) is 0 Å². The lowest BCUT2D eigenvalue weighted by Gasteiger charge is -1.94. The van der Waals surface area contributed by atoms with Gasteiger partial charge in [-0.05, 0) is 11.6 Å². The molecule has 0 atom stereocenters. The zero-order valence-electron chi connectivity index (χ0n) is 5.22. The molecule has 4 nitrogen and oxygen atoms in total. The number of ketones is 1. The minimum Gasteiger partial charge on any atom is -0.457 e.